The number of halogens is 2. The van der Waals surface area contributed by atoms with Gasteiger partial charge in [0.15, 0.2) is 0 Å². The second-order valence-electron chi connectivity index (χ2n) is 10.8. The molecule has 2 fully saturated rings. The van der Waals surface area contributed by atoms with Crippen molar-refractivity contribution in [1.82, 2.24) is 14.8 Å². The van der Waals surface area contributed by atoms with Crippen LogP contribution in [0.25, 0.3) is 10.9 Å². The zero-order chi connectivity index (χ0) is 24.1. The minimum Gasteiger partial charge on any atom is -0.492 e. The van der Waals surface area contributed by atoms with E-state index in [4.69, 9.17) is 4.74 Å². The first-order chi connectivity index (χ1) is 17.0. The predicted octanol–water partition coefficient (Wildman–Crippen LogP) is 5.91. The van der Waals surface area contributed by atoms with Crippen molar-refractivity contribution in [3.63, 3.8) is 0 Å². The van der Waals surface area contributed by atoms with E-state index in [1.165, 1.54) is 37.0 Å². The standard InChI is InChI=1S/C29H35F2N3O/c1-3-19-15-33(16-19)10-11-35-21-13-24(30)27(25(31)14-21)29-28-23(22-6-4-5-7-26(22)32-28)12-18(2)34(29)17-20-8-9-20/h4-7,13-14,18-20,29,32H,3,8-12,15-17H2,1-2H3/t18-,29-/m1/s1. The zero-order valence-corrected chi connectivity index (χ0v) is 20.7. The Morgan fingerprint density at radius 1 is 1.06 bits per heavy atom. The number of rotatable bonds is 8. The highest BCUT2D eigenvalue weighted by Crippen LogP contribution is 2.45. The first-order valence-corrected chi connectivity index (χ1v) is 13.2. The van der Waals surface area contributed by atoms with E-state index in [2.05, 4.69) is 34.7 Å². The number of benzene rings is 2. The molecule has 0 unspecified atom stereocenters. The normalized spacial score (nSPS) is 23.4. The van der Waals surface area contributed by atoms with Crippen molar-refractivity contribution < 1.29 is 13.5 Å². The molecule has 2 atom stereocenters. The van der Waals surface area contributed by atoms with Crippen molar-refractivity contribution in [2.45, 2.75) is 51.6 Å². The monoisotopic (exact) mass is 479 g/mol. The summed E-state index contributed by atoms with van der Waals surface area (Å²) in [4.78, 5) is 8.17. The summed E-state index contributed by atoms with van der Waals surface area (Å²) in [6, 6.07) is 10.7. The Bertz CT molecular complexity index is 1190. The Hall–Kier alpha value is -2.44. The maximum absolute atomic E-state index is 15.7. The fourth-order valence-corrected chi connectivity index (χ4v) is 6.02. The van der Waals surface area contributed by atoms with Gasteiger partial charge in [0.1, 0.15) is 24.0 Å². The molecule has 1 aliphatic carbocycles. The maximum atomic E-state index is 15.7. The number of hydrogen-bond donors (Lipinski definition) is 1. The van der Waals surface area contributed by atoms with Crippen LogP contribution in [0.5, 0.6) is 5.75 Å². The summed E-state index contributed by atoms with van der Waals surface area (Å²) in [5.41, 5.74) is 3.27. The summed E-state index contributed by atoms with van der Waals surface area (Å²) in [5, 5.41) is 1.16. The van der Waals surface area contributed by atoms with Crippen LogP contribution in [-0.4, -0.2) is 53.6 Å². The average Bonchev–Trinajstić information content (AvgIpc) is 3.56. The van der Waals surface area contributed by atoms with Gasteiger partial charge in [0.25, 0.3) is 0 Å². The van der Waals surface area contributed by atoms with Crippen LogP contribution in [0.1, 0.15) is 56.0 Å². The number of likely N-dealkylation sites (tertiary alicyclic amines) is 1. The summed E-state index contributed by atoms with van der Waals surface area (Å²) in [7, 11) is 0. The quantitative estimate of drug-likeness (QED) is 0.436. The molecule has 1 aromatic heterocycles. The van der Waals surface area contributed by atoms with Crippen molar-refractivity contribution in [3.05, 3.63) is 64.9 Å². The van der Waals surface area contributed by atoms with Crippen molar-refractivity contribution in [3.8, 4) is 5.75 Å². The number of ether oxygens (including phenoxy) is 1. The number of H-pyrrole nitrogens is 1. The SMILES string of the molecule is CCC1CN(CCOc2cc(F)c([C@@H]3c4[nH]c5ccccc5c4C[C@@H](C)N3CC3CC3)c(F)c2)C1. The number of aromatic amines is 1. The first kappa shape index (κ1) is 23.0. The van der Waals surface area contributed by atoms with Gasteiger partial charge in [0.05, 0.1) is 6.04 Å². The summed E-state index contributed by atoms with van der Waals surface area (Å²) >= 11 is 0. The molecular weight excluding hydrogens is 444 g/mol. The molecule has 35 heavy (non-hydrogen) atoms. The van der Waals surface area contributed by atoms with Crippen LogP contribution in [0, 0.1) is 23.5 Å². The van der Waals surface area contributed by atoms with Crippen molar-refractivity contribution in [2.75, 3.05) is 32.8 Å². The van der Waals surface area contributed by atoms with Crippen molar-refractivity contribution in [2.24, 2.45) is 11.8 Å². The second kappa shape index (κ2) is 9.21. The Morgan fingerprint density at radius 2 is 1.80 bits per heavy atom. The molecule has 0 spiro atoms. The van der Waals surface area contributed by atoms with Gasteiger partial charge in [-0.2, -0.15) is 0 Å². The maximum Gasteiger partial charge on any atom is 0.135 e. The average molecular weight is 480 g/mol. The van der Waals surface area contributed by atoms with Crippen LogP contribution in [0.2, 0.25) is 0 Å². The predicted molar refractivity (Wildman–Crippen MR) is 135 cm³/mol. The molecule has 186 valence electrons. The molecule has 0 bridgehead atoms. The molecular formula is C29H35F2N3O. The lowest BCUT2D eigenvalue weighted by Crippen LogP contribution is -2.47. The minimum absolute atomic E-state index is 0.130. The van der Waals surface area contributed by atoms with E-state index in [0.29, 0.717) is 12.5 Å². The topological polar surface area (TPSA) is 31.5 Å². The van der Waals surface area contributed by atoms with Crippen LogP contribution < -0.4 is 4.74 Å². The third-order valence-corrected chi connectivity index (χ3v) is 8.30. The van der Waals surface area contributed by atoms with Crippen molar-refractivity contribution >= 4 is 10.9 Å². The lowest BCUT2D eigenvalue weighted by atomic mass is 9.88. The third kappa shape index (κ3) is 4.36. The summed E-state index contributed by atoms with van der Waals surface area (Å²) in [6.07, 6.45) is 4.47. The molecule has 0 radical (unpaired) electrons. The van der Waals surface area contributed by atoms with E-state index in [-0.39, 0.29) is 17.4 Å². The van der Waals surface area contributed by atoms with Gasteiger partial charge in [0.2, 0.25) is 0 Å². The highest BCUT2D eigenvalue weighted by atomic mass is 19.1. The summed E-state index contributed by atoms with van der Waals surface area (Å²) in [5.74, 6) is 0.605. The molecule has 0 amide bonds. The van der Waals surface area contributed by atoms with Gasteiger partial charge in [-0.25, -0.2) is 8.78 Å². The van der Waals surface area contributed by atoms with Crippen LogP contribution >= 0.6 is 0 Å². The van der Waals surface area contributed by atoms with E-state index in [9.17, 15) is 0 Å². The Kier molecular flexibility index (Phi) is 6.05. The van der Waals surface area contributed by atoms with Gasteiger partial charge < -0.3 is 9.72 Å². The molecule has 6 rings (SSSR count). The van der Waals surface area contributed by atoms with Crippen LogP contribution in [0.3, 0.4) is 0 Å². The highest BCUT2D eigenvalue weighted by Gasteiger charge is 2.41. The second-order valence-corrected chi connectivity index (χ2v) is 10.8. The third-order valence-electron chi connectivity index (χ3n) is 8.30. The molecule has 2 aromatic carbocycles. The van der Waals surface area contributed by atoms with Crippen molar-refractivity contribution in [1.29, 1.82) is 0 Å². The van der Waals surface area contributed by atoms with E-state index in [1.54, 1.807) is 0 Å². The molecule has 1 saturated heterocycles. The number of aromatic nitrogens is 1. The molecule has 1 saturated carbocycles. The molecule has 6 heteroatoms. The van der Waals surface area contributed by atoms with E-state index in [1.807, 2.05) is 18.2 Å². The largest absolute Gasteiger partial charge is 0.492 e. The van der Waals surface area contributed by atoms with E-state index in [0.717, 1.165) is 55.1 Å². The molecule has 2 aliphatic heterocycles. The lowest BCUT2D eigenvalue weighted by molar-refractivity contribution is 0.0804. The lowest BCUT2D eigenvalue weighted by Gasteiger charge is -2.41. The van der Waals surface area contributed by atoms with Gasteiger partial charge in [0, 0.05) is 66.5 Å². The summed E-state index contributed by atoms with van der Waals surface area (Å²) in [6.45, 7) is 8.67. The van der Waals surface area contributed by atoms with Gasteiger partial charge in [-0.05, 0) is 49.7 Å². The molecule has 4 nitrogen and oxygen atoms in total. The number of nitrogens with one attached hydrogen (secondary N) is 1. The van der Waals surface area contributed by atoms with Gasteiger partial charge in [-0.3, -0.25) is 9.80 Å². The Balaban J connectivity index is 1.30. The van der Waals surface area contributed by atoms with E-state index >= 15 is 8.78 Å². The molecule has 3 aromatic rings. The van der Waals surface area contributed by atoms with Crippen LogP contribution in [0.15, 0.2) is 36.4 Å². The van der Waals surface area contributed by atoms with Crippen LogP contribution in [0.4, 0.5) is 8.78 Å². The number of fused-ring (bicyclic) bond motifs is 3. The van der Waals surface area contributed by atoms with Gasteiger partial charge in [-0.15, -0.1) is 0 Å². The Labute approximate surface area is 206 Å². The first-order valence-electron chi connectivity index (χ1n) is 13.2. The number of para-hydroxylation sites is 1. The highest BCUT2D eigenvalue weighted by molar-refractivity contribution is 5.85. The molecule has 3 heterocycles. The van der Waals surface area contributed by atoms with E-state index < -0.39 is 17.7 Å². The fourth-order valence-electron chi connectivity index (χ4n) is 6.02. The zero-order valence-electron chi connectivity index (χ0n) is 20.7. The fraction of sp³-hybridized carbons (Fsp3) is 0.517. The molecule has 3 aliphatic rings. The summed E-state index contributed by atoms with van der Waals surface area (Å²) < 4.78 is 37.2. The minimum atomic E-state index is -0.528. The number of hydrogen-bond acceptors (Lipinski definition) is 3. The Morgan fingerprint density at radius 3 is 2.51 bits per heavy atom. The van der Waals surface area contributed by atoms with Gasteiger partial charge >= 0.3 is 0 Å². The molecule has 1 N–H and O–H groups in total. The smallest absolute Gasteiger partial charge is 0.135 e. The van der Waals surface area contributed by atoms with Crippen LogP contribution in [-0.2, 0) is 6.42 Å². The number of nitrogens with zero attached hydrogens (tertiary/aromatic N) is 2. The van der Waals surface area contributed by atoms with Gasteiger partial charge in [-0.1, -0.05) is 31.5 Å².